The van der Waals surface area contributed by atoms with E-state index in [2.05, 4.69) is 5.32 Å². The fourth-order valence-electron chi connectivity index (χ4n) is 3.24. The molecule has 0 bridgehead atoms. The van der Waals surface area contributed by atoms with Crippen molar-refractivity contribution in [1.29, 1.82) is 0 Å². The van der Waals surface area contributed by atoms with Crippen LogP contribution in [0.4, 0.5) is 4.39 Å². The van der Waals surface area contributed by atoms with Crippen molar-refractivity contribution in [3.63, 3.8) is 0 Å². The average Bonchev–Trinajstić information content (AvgIpc) is 3.26. The molecule has 0 spiro atoms. The molecule has 1 saturated carbocycles. The molecule has 2 amide bonds. The quantitative estimate of drug-likeness (QED) is 0.885. The number of rotatable bonds is 4. The molecule has 2 aliphatic rings. The van der Waals surface area contributed by atoms with Crippen molar-refractivity contribution in [1.82, 2.24) is 10.2 Å². The third-order valence-corrected chi connectivity index (χ3v) is 5.93. The molecule has 1 aliphatic heterocycles. The third kappa shape index (κ3) is 3.86. The first-order chi connectivity index (χ1) is 11.6. The molecular formula is C17H20ClFN2O2S. The van der Waals surface area contributed by atoms with Gasteiger partial charge in [0.25, 0.3) is 0 Å². The van der Waals surface area contributed by atoms with E-state index in [0.717, 1.165) is 31.2 Å². The highest BCUT2D eigenvalue weighted by Crippen LogP contribution is 2.30. The Labute approximate surface area is 150 Å². The zero-order valence-electron chi connectivity index (χ0n) is 13.3. The van der Waals surface area contributed by atoms with Gasteiger partial charge in [0.05, 0.1) is 10.9 Å². The van der Waals surface area contributed by atoms with Gasteiger partial charge in [0.2, 0.25) is 11.8 Å². The van der Waals surface area contributed by atoms with E-state index in [4.69, 9.17) is 11.6 Å². The van der Waals surface area contributed by atoms with Gasteiger partial charge in [-0.25, -0.2) is 4.39 Å². The van der Waals surface area contributed by atoms with Crippen LogP contribution in [0.1, 0.15) is 31.2 Å². The van der Waals surface area contributed by atoms with Crippen LogP contribution in [0.15, 0.2) is 18.2 Å². The summed E-state index contributed by atoms with van der Waals surface area (Å²) in [5, 5.41) is 2.87. The van der Waals surface area contributed by atoms with Crippen LogP contribution >= 0.6 is 23.4 Å². The first-order valence-corrected chi connectivity index (χ1v) is 9.69. The van der Waals surface area contributed by atoms with Crippen LogP contribution in [0, 0.1) is 11.7 Å². The molecule has 0 radical (unpaired) electrons. The van der Waals surface area contributed by atoms with Crippen LogP contribution in [-0.2, 0) is 16.1 Å². The molecule has 1 aromatic carbocycles. The van der Waals surface area contributed by atoms with E-state index in [-0.39, 0.29) is 29.3 Å². The minimum absolute atomic E-state index is 0.0382. The van der Waals surface area contributed by atoms with E-state index in [1.54, 1.807) is 22.7 Å². The van der Waals surface area contributed by atoms with Crippen molar-refractivity contribution in [2.45, 2.75) is 38.3 Å². The lowest BCUT2D eigenvalue weighted by Crippen LogP contribution is -2.48. The predicted octanol–water partition coefficient (Wildman–Crippen LogP) is 3.19. The Morgan fingerprint density at radius 2 is 2.08 bits per heavy atom. The maximum Gasteiger partial charge on any atom is 0.243 e. The Kier molecular flexibility index (Phi) is 5.66. The van der Waals surface area contributed by atoms with Gasteiger partial charge in [0, 0.05) is 18.2 Å². The van der Waals surface area contributed by atoms with Crippen molar-refractivity contribution in [2.24, 2.45) is 5.92 Å². The minimum atomic E-state index is -0.479. The van der Waals surface area contributed by atoms with E-state index in [1.165, 1.54) is 12.1 Å². The molecule has 7 heteroatoms. The monoisotopic (exact) mass is 370 g/mol. The Balaban J connectivity index is 1.58. The zero-order valence-corrected chi connectivity index (χ0v) is 14.8. The maximum atomic E-state index is 13.2. The van der Waals surface area contributed by atoms with E-state index >= 15 is 0 Å². The summed E-state index contributed by atoms with van der Waals surface area (Å²) in [4.78, 5) is 26.8. The van der Waals surface area contributed by atoms with Crippen LogP contribution < -0.4 is 5.32 Å². The normalized spacial score (nSPS) is 21.2. The molecule has 3 rings (SSSR count). The molecule has 1 saturated heterocycles. The number of carbonyl (C=O) groups excluding carboxylic acids is 2. The molecule has 0 unspecified atom stereocenters. The zero-order chi connectivity index (χ0) is 17.1. The van der Waals surface area contributed by atoms with E-state index in [9.17, 15) is 14.0 Å². The fraction of sp³-hybridized carbons (Fsp3) is 0.529. The summed E-state index contributed by atoms with van der Waals surface area (Å²) in [7, 11) is 0. The number of thioether (sulfide) groups is 1. The van der Waals surface area contributed by atoms with Gasteiger partial charge in [-0.2, -0.15) is 0 Å². The van der Waals surface area contributed by atoms with Crippen molar-refractivity contribution in [3.8, 4) is 0 Å². The van der Waals surface area contributed by atoms with E-state index in [0.29, 0.717) is 11.6 Å². The molecule has 1 atom stereocenters. The van der Waals surface area contributed by atoms with Crippen molar-refractivity contribution in [2.75, 3.05) is 11.6 Å². The number of hydrogen-bond donors (Lipinski definition) is 1. The fourth-order valence-corrected chi connectivity index (χ4v) is 4.61. The minimum Gasteiger partial charge on any atom is -0.350 e. The number of nitrogens with zero attached hydrogens (tertiary/aromatic N) is 1. The molecule has 1 heterocycles. The predicted molar refractivity (Wildman–Crippen MR) is 93.2 cm³/mol. The highest BCUT2D eigenvalue weighted by molar-refractivity contribution is 7.99. The number of hydrogen-bond acceptors (Lipinski definition) is 3. The smallest absolute Gasteiger partial charge is 0.243 e. The van der Waals surface area contributed by atoms with E-state index < -0.39 is 11.9 Å². The van der Waals surface area contributed by atoms with Gasteiger partial charge in [-0.1, -0.05) is 30.5 Å². The summed E-state index contributed by atoms with van der Waals surface area (Å²) in [5.74, 6) is 0.751. The first-order valence-electron chi connectivity index (χ1n) is 8.16. The lowest BCUT2D eigenvalue weighted by Gasteiger charge is -2.25. The summed E-state index contributed by atoms with van der Waals surface area (Å²) < 4.78 is 13.2. The Morgan fingerprint density at radius 3 is 2.79 bits per heavy atom. The summed E-state index contributed by atoms with van der Waals surface area (Å²) in [6.07, 6.45) is 4.06. The Hall–Kier alpha value is -1.27. The molecular weight excluding hydrogens is 351 g/mol. The lowest BCUT2D eigenvalue weighted by atomic mass is 10.1. The number of amides is 2. The number of halogens is 2. The molecule has 130 valence electrons. The Morgan fingerprint density at radius 1 is 1.33 bits per heavy atom. The highest BCUT2D eigenvalue weighted by Gasteiger charge is 2.38. The molecule has 1 aliphatic carbocycles. The van der Waals surface area contributed by atoms with Crippen LogP contribution in [0.3, 0.4) is 0 Å². The van der Waals surface area contributed by atoms with Crippen molar-refractivity contribution >= 4 is 35.2 Å². The van der Waals surface area contributed by atoms with Gasteiger partial charge < -0.3 is 10.2 Å². The first kappa shape index (κ1) is 17.5. The maximum absolute atomic E-state index is 13.2. The van der Waals surface area contributed by atoms with Crippen LogP contribution in [0.25, 0.3) is 0 Å². The number of benzene rings is 1. The average molecular weight is 371 g/mol. The van der Waals surface area contributed by atoms with Gasteiger partial charge in [-0.3, -0.25) is 9.59 Å². The summed E-state index contributed by atoms with van der Waals surface area (Å²) in [6.45, 7) is 0.269. The molecule has 4 nitrogen and oxygen atoms in total. The van der Waals surface area contributed by atoms with Gasteiger partial charge in [0.1, 0.15) is 11.9 Å². The van der Waals surface area contributed by atoms with Gasteiger partial charge in [-0.15, -0.1) is 11.8 Å². The molecule has 2 fully saturated rings. The standard InChI is InChI=1S/C17H20ClFN2O2S/c18-13-7-11(5-6-14(13)19)8-20-16(22)15-9-24-10-21(15)17(23)12-3-1-2-4-12/h5-7,12,15H,1-4,8-10H2,(H,20,22)/t15-/m1/s1. The molecule has 24 heavy (non-hydrogen) atoms. The number of carbonyl (C=O) groups is 2. The second-order valence-corrected chi connectivity index (χ2v) is 7.68. The summed E-state index contributed by atoms with van der Waals surface area (Å²) >= 11 is 7.36. The lowest BCUT2D eigenvalue weighted by molar-refractivity contribution is -0.141. The second-order valence-electron chi connectivity index (χ2n) is 6.27. The molecule has 1 N–H and O–H groups in total. The van der Waals surface area contributed by atoms with Gasteiger partial charge in [-0.05, 0) is 30.5 Å². The topological polar surface area (TPSA) is 49.4 Å². The van der Waals surface area contributed by atoms with Gasteiger partial charge >= 0.3 is 0 Å². The third-order valence-electron chi connectivity index (χ3n) is 4.62. The van der Waals surface area contributed by atoms with Crippen LogP contribution in [-0.4, -0.2) is 34.4 Å². The van der Waals surface area contributed by atoms with Crippen LogP contribution in [0.2, 0.25) is 5.02 Å². The van der Waals surface area contributed by atoms with Crippen LogP contribution in [0.5, 0.6) is 0 Å². The van der Waals surface area contributed by atoms with Crippen molar-refractivity contribution in [3.05, 3.63) is 34.6 Å². The van der Waals surface area contributed by atoms with E-state index in [1.807, 2.05) is 0 Å². The molecule has 1 aromatic rings. The Bertz CT molecular complexity index is 637. The van der Waals surface area contributed by atoms with Gasteiger partial charge in [0.15, 0.2) is 0 Å². The largest absolute Gasteiger partial charge is 0.350 e. The van der Waals surface area contributed by atoms with Crippen molar-refractivity contribution < 1.29 is 14.0 Å². The molecule has 0 aromatic heterocycles. The summed E-state index contributed by atoms with van der Waals surface area (Å²) in [6, 6.07) is 3.96. The SMILES string of the molecule is O=C(NCc1ccc(F)c(Cl)c1)[C@H]1CSCN1C(=O)C1CCCC1. The number of nitrogens with one attached hydrogen (secondary N) is 1. The second kappa shape index (κ2) is 7.74. The highest BCUT2D eigenvalue weighted by atomic mass is 35.5. The summed E-state index contributed by atoms with van der Waals surface area (Å²) in [5.41, 5.74) is 0.731.